The van der Waals surface area contributed by atoms with Gasteiger partial charge in [-0.15, -0.1) is 0 Å². The van der Waals surface area contributed by atoms with E-state index in [9.17, 15) is 5.26 Å². The first-order valence-corrected chi connectivity index (χ1v) is 7.61. The van der Waals surface area contributed by atoms with Gasteiger partial charge in [0, 0.05) is 12.6 Å². The molecule has 0 aliphatic heterocycles. The Labute approximate surface area is 127 Å². The van der Waals surface area contributed by atoms with Crippen molar-refractivity contribution in [3.63, 3.8) is 0 Å². The number of aromatic nitrogens is 2. The Morgan fingerprint density at radius 1 is 1.45 bits per heavy atom. The molecular weight excluding hydrogens is 272 g/mol. The van der Waals surface area contributed by atoms with Gasteiger partial charge >= 0.3 is 0 Å². The van der Waals surface area contributed by atoms with E-state index in [2.05, 4.69) is 37.3 Å². The van der Waals surface area contributed by atoms with E-state index in [0.29, 0.717) is 6.04 Å². The summed E-state index contributed by atoms with van der Waals surface area (Å²) in [4.78, 5) is 0. The topological polar surface area (TPSA) is 53.6 Å². The van der Waals surface area contributed by atoms with Crippen molar-refractivity contribution >= 4 is 11.6 Å². The van der Waals surface area contributed by atoms with Gasteiger partial charge in [-0.25, -0.2) is 0 Å². The van der Waals surface area contributed by atoms with E-state index < -0.39 is 5.54 Å². The molecular formula is C15H25ClN4. The van der Waals surface area contributed by atoms with E-state index in [1.807, 2.05) is 18.5 Å². The van der Waals surface area contributed by atoms with Crippen LogP contribution in [0.2, 0.25) is 5.02 Å². The zero-order valence-corrected chi connectivity index (χ0v) is 13.9. The first-order valence-electron chi connectivity index (χ1n) is 7.23. The lowest BCUT2D eigenvalue weighted by Crippen LogP contribution is -2.47. The van der Waals surface area contributed by atoms with Crippen LogP contribution in [-0.4, -0.2) is 21.4 Å². The number of hydrogen-bond acceptors (Lipinski definition) is 3. The van der Waals surface area contributed by atoms with Gasteiger partial charge in [-0.05, 0) is 47.0 Å². The molecule has 1 aromatic rings. The fourth-order valence-corrected chi connectivity index (χ4v) is 2.63. The molecule has 1 rings (SSSR count). The van der Waals surface area contributed by atoms with Crippen molar-refractivity contribution in [1.82, 2.24) is 15.1 Å². The molecule has 20 heavy (non-hydrogen) atoms. The minimum atomic E-state index is -0.436. The molecule has 5 heteroatoms. The lowest BCUT2D eigenvalue weighted by atomic mass is 9.91. The summed E-state index contributed by atoms with van der Waals surface area (Å²) in [6.45, 7) is 10.9. The molecule has 0 fully saturated rings. The third-order valence-corrected chi connectivity index (χ3v) is 4.20. The molecule has 1 N–H and O–H groups in total. The van der Waals surface area contributed by atoms with Crippen LogP contribution in [0.1, 0.15) is 51.4 Å². The summed E-state index contributed by atoms with van der Waals surface area (Å²) in [5.41, 5.74) is 1.43. The molecule has 0 saturated carbocycles. The van der Waals surface area contributed by atoms with Crippen molar-refractivity contribution in [3.05, 3.63) is 16.4 Å². The summed E-state index contributed by atoms with van der Waals surface area (Å²) in [7, 11) is 0. The third-order valence-electron chi connectivity index (χ3n) is 3.65. The molecule has 4 nitrogen and oxygen atoms in total. The molecule has 0 spiro atoms. The molecule has 0 aliphatic carbocycles. The van der Waals surface area contributed by atoms with Gasteiger partial charge in [-0.2, -0.15) is 10.4 Å². The van der Waals surface area contributed by atoms with Crippen LogP contribution in [0, 0.1) is 25.2 Å². The predicted molar refractivity (Wildman–Crippen MR) is 82.9 cm³/mol. The minimum absolute atomic E-state index is 0.303. The highest BCUT2D eigenvalue weighted by molar-refractivity contribution is 6.31. The van der Waals surface area contributed by atoms with Crippen molar-refractivity contribution in [1.29, 1.82) is 5.26 Å². The summed E-state index contributed by atoms with van der Waals surface area (Å²) in [6, 6.07) is 2.75. The summed E-state index contributed by atoms with van der Waals surface area (Å²) < 4.78 is 1.94. The summed E-state index contributed by atoms with van der Waals surface area (Å²) in [6.07, 6.45) is 2.52. The van der Waals surface area contributed by atoms with Gasteiger partial charge in [0.2, 0.25) is 0 Å². The van der Waals surface area contributed by atoms with Crippen molar-refractivity contribution in [2.45, 2.75) is 72.0 Å². The van der Waals surface area contributed by atoms with E-state index in [4.69, 9.17) is 11.6 Å². The Morgan fingerprint density at radius 2 is 2.10 bits per heavy atom. The van der Waals surface area contributed by atoms with Crippen molar-refractivity contribution in [2.24, 2.45) is 0 Å². The Hall–Kier alpha value is -1.05. The maximum absolute atomic E-state index is 9.47. The van der Waals surface area contributed by atoms with Crippen LogP contribution in [-0.2, 0) is 6.54 Å². The van der Waals surface area contributed by atoms with Crippen LogP contribution >= 0.6 is 11.6 Å². The molecule has 1 aromatic heterocycles. The maximum atomic E-state index is 9.47. The van der Waals surface area contributed by atoms with E-state index >= 15 is 0 Å². The SMILES string of the molecule is CCC(C#N)(CCCn1nc(C)c(Cl)c1C)NC(C)C. The van der Waals surface area contributed by atoms with Crippen molar-refractivity contribution in [2.75, 3.05) is 0 Å². The molecule has 0 bridgehead atoms. The molecule has 0 amide bonds. The Balaban J connectivity index is 2.65. The molecule has 1 atom stereocenters. The molecule has 112 valence electrons. The molecule has 1 heterocycles. The monoisotopic (exact) mass is 296 g/mol. The van der Waals surface area contributed by atoms with Gasteiger partial charge in [-0.1, -0.05) is 18.5 Å². The van der Waals surface area contributed by atoms with E-state index in [-0.39, 0.29) is 0 Å². The molecule has 0 saturated heterocycles. The fraction of sp³-hybridized carbons (Fsp3) is 0.733. The van der Waals surface area contributed by atoms with Gasteiger partial charge < -0.3 is 0 Å². The highest BCUT2D eigenvalue weighted by Crippen LogP contribution is 2.21. The summed E-state index contributed by atoms with van der Waals surface area (Å²) in [5, 5.41) is 18.0. The third kappa shape index (κ3) is 3.97. The van der Waals surface area contributed by atoms with Crippen LogP contribution in [0.5, 0.6) is 0 Å². The van der Waals surface area contributed by atoms with Crippen LogP contribution in [0.25, 0.3) is 0 Å². The van der Waals surface area contributed by atoms with Gasteiger partial charge in [0.25, 0.3) is 0 Å². The van der Waals surface area contributed by atoms with Crippen LogP contribution in [0.3, 0.4) is 0 Å². The average Bonchev–Trinajstić information content (AvgIpc) is 2.65. The van der Waals surface area contributed by atoms with Crippen LogP contribution in [0.15, 0.2) is 0 Å². The van der Waals surface area contributed by atoms with Crippen LogP contribution < -0.4 is 5.32 Å². The zero-order chi connectivity index (χ0) is 15.3. The smallest absolute Gasteiger partial charge is 0.106 e. The van der Waals surface area contributed by atoms with Crippen molar-refractivity contribution < 1.29 is 0 Å². The number of rotatable bonds is 7. The quantitative estimate of drug-likeness (QED) is 0.836. The van der Waals surface area contributed by atoms with E-state index in [0.717, 1.165) is 42.2 Å². The van der Waals surface area contributed by atoms with E-state index in [1.54, 1.807) is 0 Å². The highest BCUT2D eigenvalue weighted by atomic mass is 35.5. The predicted octanol–water partition coefficient (Wildman–Crippen LogP) is 3.60. The maximum Gasteiger partial charge on any atom is 0.106 e. The largest absolute Gasteiger partial charge is 0.297 e. The molecule has 1 unspecified atom stereocenters. The zero-order valence-electron chi connectivity index (χ0n) is 13.1. The molecule has 0 aromatic carbocycles. The second kappa shape index (κ2) is 7.10. The first-order chi connectivity index (χ1) is 9.35. The number of hydrogen-bond donors (Lipinski definition) is 1. The lowest BCUT2D eigenvalue weighted by Gasteiger charge is -2.29. The number of aryl methyl sites for hydroxylation is 2. The number of nitrogens with one attached hydrogen (secondary N) is 1. The van der Waals surface area contributed by atoms with Gasteiger partial charge in [0.1, 0.15) is 5.54 Å². The van der Waals surface area contributed by atoms with Crippen LogP contribution in [0.4, 0.5) is 0 Å². The van der Waals surface area contributed by atoms with Gasteiger partial charge in [0.05, 0.1) is 22.5 Å². The Morgan fingerprint density at radius 3 is 2.50 bits per heavy atom. The molecule has 0 aliphatic rings. The normalized spacial score (nSPS) is 14.3. The number of halogens is 1. The second-order valence-electron chi connectivity index (χ2n) is 5.66. The first kappa shape index (κ1) is 17.0. The fourth-order valence-electron chi connectivity index (χ4n) is 2.49. The van der Waals surface area contributed by atoms with Gasteiger partial charge in [-0.3, -0.25) is 10.00 Å². The number of nitrogens with zero attached hydrogens (tertiary/aromatic N) is 3. The minimum Gasteiger partial charge on any atom is -0.297 e. The van der Waals surface area contributed by atoms with Crippen molar-refractivity contribution in [3.8, 4) is 6.07 Å². The van der Waals surface area contributed by atoms with E-state index in [1.165, 1.54) is 0 Å². The average molecular weight is 297 g/mol. The second-order valence-corrected chi connectivity index (χ2v) is 6.04. The summed E-state index contributed by atoms with van der Waals surface area (Å²) in [5.74, 6) is 0. The van der Waals surface area contributed by atoms with Gasteiger partial charge in [0.15, 0.2) is 0 Å². The standard InChI is InChI=1S/C15H25ClN4/c1-6-15(10-17,18-11(2)3)8-7-9-20-13(5)14(16)12(4)19-20/h11,18H,6-9H2,1-5H3. The Kier molecular flexibility index (Phi) is 6.04. The summed E-state index contributed by atoms with van der Waals surface area (Å²) >= 11 is 6.14. The Bertz CT molecular complexity index is 487. The number of nitriles is 1. The highest BCUT2D eigenvalue weighted by Gasteiger charge is 2.27. The molecule has 0 radical (unpaired) electrons. The lowest BCUT2D eigenvalue weighted by molar-refractivity contribution is 0.326.